The summed E-state index contributed by atoms with van der Waals surface area (Å²) in [4.78, 5) is 2.06. The highest BCUT2D eigenvalue weighted by Gasteiger charge is 2.15. The van der Waals surface area contributed by atoms with E-state index in [1.165, 1.54) is 5.56 Å². The molecule has 0 heterocycles. The number of ether oxygens (including phenoxy) is 1. The van der Waals surface area contributed by atoms with Crippen LogP contribution in [0.25, 0.3) is 0 Å². The molecule has 0 bridgehead atoms. The fourth-order valence-electron chi connectivity index (χ4n) is 2.66. The van der Waals surface area contributed by atoms with Crippen molar-refractivity contribution in [2.45, 2.75) is 19.6 Å². The van der Waals surface area contributed by atoms with Crippen LogP contribution in [0.4, 0.5) is 0 Å². The number of nitrogens with two attached hydrogens (primary N) is 1. The van der Waals surface area contributed by atoms with Crippen molar-refractivity contribution >= 4 is 0 Å². The highest BCUT2D eigenvalue weighted by molar-refractivity contribution is 5.31. The average molecular weight is 314 g/mol. The molecule has 0 fully saturated rings. The van der Waals surface area contributed by atoms with Gasteiger partial charge in [0.1, 0.15) is 12.4 Å². The van der Waals surface area contributed by atoms with Gasteiger partial charge in [0.2, 0.25) is 0 Å². The van der Waals surface area contributed by atoms with Gasteiger partial charge in [-0.2, -0.15) is 0 Å². The summed E-state index contributed by atoms with van der Waals surface area (Å²) in [7, 11) is 1.97. The van der Waals surface area contributed by atoms with Gasteiger partial charge in [0.05, 0.1) is 6.61 Å². The first-order chi connectivity index (χ1) is 11.1. The summed E-state index contributed by atoms with van der Waals surface area (Å²) in [5.41, 5.74) is 9.39. The van der Waals surface area contributed by atoms with Crippen LogP contribution in [0.5, 0.6) is 5.75 Å². The van der Waals surface area contributed by atoms with Crippen molar-refractivity contribution < 1.29 is 9.84 Å². The van der Waals surface area contributed by atoms with Crippen molar-refractivity contribution in [1.29, 1.82) is 0 Å². The molecular formula is C19H26N2O2. The van der Waals surface area contributed by atoms with Gasteiger partial charge in [-0.25, -0.2) is 0 Å². The SMILES string of the molecule is Cc1cccc(COc2cccc(C(CN)N(C)CCO)c2)c1. The molecule has 0 spiro atoms. The van der Waals surface area contributed by atoms with Crippen LogP contribution in [0.2, 0.25) is 0 Å². The van der Waals surface area contributed by atoms with Crippen LogP contribution >= 0.6 is 0 Å². The fourth-order valence-corrected chi connectivity index (χ4v) is 2.66. The number of aryl methyl sites for hydroxylation is 1. The lowest BCUT2D eigenvalue weighted by Crippen LogP contribution is -2.32. The zero-order valence-electron chi connectivity index (χ0n) is 13.9. The molecule has 2 aromatic carbocycles. The normalized spacial score (nSPS) is 12.4. The lowest BCUT2D eigenvalue weighted by Gasteiger charge is -2.26. The molecule has 0 radical (unpaired) electrons. The zero-order chi connectivity index (χ0) is 16.7. The summed E-state index contributed by atoms with van der Waals surface area (Å²) < 4.78 is 5.91. The van der Waals surface area contributed by atoms with Crippen LogP contribution in [0.15, 0.2) is 48.5 Å². The molecule has 0 aliphatic carbocycles. The number of hydrogen-bond donors (Lipinski definition) is 2. The van der Waals surface area contributed by atoms with Gasteiger partial charge in [-0.3, -0.25) is 4.90 Å². The van der Waals surface area contributed by atoms with E-state index in [4.69, 9.17) is 15.6 Å². The molecule has 4 nitrogen and oxygen atoms in total. The van der Waals surface area contributed by atoms with E-state index in [0.717, 1.165) is 16.9 Å². The second-order valence-electron chi connectivity index (χ2n) is 5.81. The number of hydrogen-bond acceptors (Lipinski definition) is 4. The van der Waals surface area contributed by atoms with Crippen LogP contribution in [0.3, 0.4) is 0 Å². The molecule has 4 heteroatoms. The molecule has 0 aliphatic heterocycles. The second kappa shape index (κ2) is 8.67. The van der Waals surface area contributed by atoms with Gasteiger partial charge in [-0.05, 0) is 37.2 Å². The second-order valence-corrected chi connectivity index (χ2v) is 5.81. The van der Waals surface area contributed by atoms with E-state index in [1.54, 1.807) is 0 Å². The van der Waals surface area contributed by atoms with E-state index < -0.39 is 0 Å². The first-order valence-electron chi connectivity index (χ1n) is 7.93. The molecule has 1 atom stereocenters. The number of rotatable bonds is 8. The number of benzene rings is 2. The molecule has 2 rings (SSSR count). The Labute approximate surface area is 138 Å². The van der Waals surface area contributed by atoms with Crippen LogP contribution in [0, 0.1) is 6.92 Å². The van der Waals surface area contributed by atoms with Gasteiger partial charge >= 0.3 is 0 Å². The number of aliphatic hydroxyl groups excluding tert-OH is 1. The van der Waals surface area contributed by atoms with E-state index >= 15 is 0 Å². The van der Waals surface area contributed by atoms with Gasteiger partial charge in [0.15, 0.2) is 0 Å². The van der Waals surface area contributed by atoms with Gasteiger partial charge in [0.25, 0.3) is 0 Å². The number of aliphatic hydroxyl groups is 1. The maximum atomic E-state index is 9.11. The zero-order valence-corrected chi connectivity index (χ0v) is 13.9. The minimum Gasteiger partial charge on any atom is -0.489 e. The predicted octanol–water partition coefficient (Wildman–Crippen LogP) is 2.50. The molecule has 124 valence electrons. The van der Waals surface area contributed by atoms with E-state index in [-0.39, 0.29) is 12.6 Å². The molecular weight excluding hydrogens is 288 g/mol. The Bertz CT molecular complexity index is 616. The Balaban J connectivity index is 2.06. The molecule has 0 aliphatic rings. The smallest absolute Gasteiger partial charge is 0.120 e. The summed E-state index contributed by atoms with van der Waals surface area (Å²) in [6, 6.07) is 16.4. The lowest BCUT2D eigenvalue weighted by molar-refractivity contribution is 0.183. The van der Waals surface area contributed by atoms with Crippen molar-refractivity contribution in [3.63, 3.8) is 0 Å². The van der Waals surface area contributed by atoms with Gasteiger partial charge in [-0.15, -0.1) is 0 Å². The highest BCUT2D eigenvalue weighted by Crippen LogP contribution is 2.23. The number of nitrogens with zero attached hydrogens (tertiary/aromatic N) is 1. The van der Waals surface area contributed by atoms with Gasteiger partial charge < -0.3 is 15.6 Å². The van der Waals surface area contributed by atoms with Crippen LogP contribution < -0.4 is 10.5 Å². The van der Waals surface area contributed by atoms with E-state index in [0.29, 0.717) is 19.7 Å². The van der Waals surface area contributed by atoms with Crippen LogP contribution in [-0.4, -0.2) is 36.8 Å². The van der Waals surface area contributed by atoms with Crippen molar-refractivity contribution in [3.05, 3.63) is 65.2 Å². The Morgan fingerprint density at radius 1 is 1.17 bits per heavy atom. The lowest BCUT2D eigenvalue weighted by atomic mass is 10.1. The summed E-state index contributed by atoms with van der Waals surface area (Å²) in [6.45, 7) is 3.84. The first kappa shape index (κ1) is 17.5. The molecule has 2 aromatic rings. The average Bonchev–Trinajstić information content (AvgIpc) is 2.54. The highest BCUT2D eigenvalue weighted by atomic mass is 16.5. The summed E-state index contributed by atoms with van der Waals surface area (Å²) in [5.74, 6) is 0.833. The van der Waals surface area contributed by atoms with Crippen LogP contribution in [-0.2, 0) is 6.61 Å². The number of likely N-dealkylation sites (N-methyl/N-ethyl adjacent to an activating group) is 1. The Morgan fingerprint density at radius 2 is 1.96 bits per heavy atom. The molecule has 23 heavy (non-hydrogen) atoms. The molecule has 3 N–H and O–H groups in total. The Morgan fingerprint density at radius 3 is 2.65 bits per heavy atom. The van der Waals surface area contributed by atoms with E-state index in [2.05, 4.69) is 30.0 Å². The monoisotopic (exact) mass is 314 g/mol. The van der Waals surface area contributed by atoms with Crippen molar-refractivity contribution in [1.82, 2.24) is 4.90 Å². The predicted molar refractivity (Wildman–Crippen MR) is 93.5 cm³/mol. The standard InChI is InChI=1S/C19H26N2O2/c1-15-5-3-6-16(11-15)14-23-18-8-4-7-17(12-18)19(13-20)21(2)9-10-22/h3-8,11-12,19,22H,9-10,13-14,20H2,1-2H3. The van der Waals surface area contributed by atoms with Crippen molar-refractivity contribution in [2.24, 2.45) is 5.73 Å². The minimum atomic E-state index is 0.0738. The third-order valence-corrected chi connectivity index (χ3v) is 3.94. The van der Waals surface area contributed by atoms with Gasteiger partial charge in [0, 0.05) is 19.1 Å². The Kier molecular flexibility index (Phi) is 6.59. The maximum Gasteiger partial charge on any atom is 0.120 e. The molecule has 1 unspecified atom stereocenters. The van der Waals surface area contributed by atoms with Gasteiger partial charge in [-0.1, -0.05) is 42.0 Å². The third kappa shape index (κ3) is 5.06. The quantitative estimate of drug-likeness (QED) is 0.786. The molecule has 0 aromatic heterocycles. The third-order valence-electron chi connectivity index (χ3n) is 3.94. The fraction of sp³-hybridized carbons (Fsp3) is 0.368. The summed E-state index contributed by atoms with van der Waals surface area (Å²) in [5, 5.41) is 9.11. The largest absolute Gasteiger partial charge is 0.489 e. The molecule has 0 saturated heterocycles. The Hall–Kier alpha value is -1.88. The first-order valence-corrected chi connectivity index (χ1v) is 7.93. The van der Waals surface area contributed by atoms with Crippen molar-refractivity contribution in [3.8, 4) is 5.75 Å². The maximum absolute atomic E-state index is 9.11. The minimum absolute atomic E-state index is 0.0738. The summed E-state index contributed by atoms with van der Waals surface area (Å²) >= 11 is 0. The molecule has 0 saturated carbocycles. The van der Waals surface area contributed by atoms with Crippen molar-refractivity contribution in [2.75, 3.05) is 26.7 Å². The van der Waals surface area contributed by atoms with Crippen LogP contribution in [0.1, 0.15) is 22.7 Å². The molecule has 0 amide bonds. The van der Waals surface area contributed by atoms with E-state index in [9.17, 15) is 0 Å². The topological polar surface area (TPSA) is 58.7 Å². The summed E-state index contributed by atoms with van der Waals surface area (Å²) in [6.07, 6.45) is 0. The van der Waals surface area contributed by atoms with E-state index in [1.807, 2.05) is 37.4 Å².